The highest BCUT2D eigenvalue weighted by molar-refractivity contribution is 7.99. The SMILES string of the molecule is Cc1ccc(Cl)cc1NS(=O)(=O)c1ccc(NC(=O)CSCc2ccc(F)cc2)cc1. The summed E-state index contributed by atoms with van der Waals surface area (Å²) in [5.74, 6) is 0.289. The average Bonchev–Trinajstić information content (AvgIpc) is 2.72. The Morgan fingerprint density at radius 3 is 2.39 bits per heavy atom. The number of rotatable bonds is 8. The van der Waals surface area contributed by atoms with E-state index in [2.05, 4.69) is 10.0 Å². The Morgan fingerprint density at radius 1 is 1.03 bits per heavy atom. The first-order valence-corrected chi connectivity index (χ1v) is 12.3. The van der Waals surface area contributed by atoms with E-state index in [4.69, 9.17) is 11.6 Å². The Bertz CT molecular complexity index is 1170. The van der Waals surface area contributed by atoms with Gasteiger partial charge in [0.05, 0.1) is 16.3 Å². The summed E-state index contributed by atoms with van der Waals surface area (Å²) in [6.45, 7) is 1.78. The zero-order valence-electron chi connectivity index (χ0n) is 16.6. The van der Waals surface area contributed by atoms with Gasteiger partial charge in [0.2, 0.25) is 5.91 Å². The topological polar surface area (TPSA) is 75.3 Å². The zero-order chi connectivity index (χ0) is 22.4. The lowest BCUT2D eigenvalue weighted by atomic mass is 10.2. The molecule has 0 radical (unpaired) electrons. The van der Waals surface area contributed by atoms with Crippen LogP contribution in [0.5, 0.6) is 0 Å². The van der Waals surface area contributed by atoms with Crippen LogP contribution in [0.1, 0.15) is 11.1 Å². The summed E-state index contributed by atoms with van der Waals surface area (Å²) < 4.78 is 40.7. The number of halogens is 2. The second-order valence-electron chi connectivity index (χ2n) is 6.76. The average molecular weight is 479 g/mol. The molecule has 0 aliphatic heterocycles. The van der Waals surface area contributed by atoms with Gasteiger partial charge in [0, 0.05) is 16.5 Å². The van der Waals surface area contributed by atoms with E-state index >= 15 is 0 Å². The quantitative estimate of drug-likeness (QED) is 0.450. The molecule has 5 nitrogen and oxygen atoms in total. The predicted molar refractivity (Wildman–Crippen MR) is 125 cm³/mol. The highest BCUT2D eigenvalue weighted by atomic mass is 35.5. The Balaban J connectivity index is 1.55. The number of benzene rings is 3. The minimum Gasteiger partial charge on any atom is -0.325 e. The van der Waals surface area contributed by atoms with Crippen molar-refractivity contribution in [2.24, 2.45) is 0 Å². The van der Waals surface area contributed by atoms with Crippen LogP contribution in [0, 0.1) is 12.7 Å². The van der Waals surface area contributed by atoms with E-state index in [1.165, 1.54) is 48.2 Å². The summed E-state index contributed by atoms with van der Waals surface area (Å²) in [4.78, 5) is 12.2. The number of nitrogens with one attached hydrogen (secondary N) is 2. The number of sulfonamides is 1. The molecule has 0 aliphatic carbocycles. The summed E-state index contributed by atoms with van der Waals surface area (Å²) in [5, 5.41) is 3.16. The van der Waals surface area contributed by atoms with Gasteiger partial charge in [-0.05, 0) is 66.6 Å². The molecule has 3 aromatic carbocycles. The summed E-state index contributed by atoms with van der Waals surface area (Å²) in [6.07, 6.45) is 0. The van der Waals surface area contributed by atoms with Crippen molar-refractivity contribution in [3.05, 3.63) is 88.7 Å². The first kappa shape index (κ1) is 23.1. The van der Waals surface area contributed by atoms with Crippen LogP contribution in [0.4, 0.5) is 15.8 Å². The van der Waals surface area contributed by atoms with Crippen LogP contribution < -0.4 is 10.0 Å². The molecule has 162 valence electrons. The first-order chi connectivity index (χ1) is 14.7. The van der Waals surface area contributed by atoms with E-state index in [1.807, 2.05) is 0 Å². The number of hydrogen-bond acceptors (Lipinski definition) is 4. The highest BCUT2D eigenvalue weighted by Crippen LogP contribution is 2.24. The standard InChI is InChI=1S/C22H20ClFN2O3S2/c1-15-2-5-17(23)12-21(15)26-31(28,29)20-10-8-19(9-11-20)25-22(27)14-30-13-16-3-6-18(24)7-4-16/h2-12,26H,13-14H2,1H3,(H,25,27). The van der Waals surface area contributed by atoms with Crippen molar-refractivity contribution in [3.63, 3.8) is 0 Å². The van der Waals surface area contributed by atoms with Crippen molar-refractivity contribution in [2.75, 3.05) is 15.8 Å². The maximum atomic E-state index is 12.9. The monoisotopic (exact) mass is 478 g/mol. The van der Waals surface area contributed by atoms with Crippen molar-refractivity contribution < 1.29 is 17.6 Å². The van der Waals surface area contributed by atoms with Crippen LogP contribution in [0.25, 0.3) is 0 Å². The van der Waals surface area contributed by atoms with Gasteiger partial charge in [0.1, 0.15) is 5.82 Å². The molecule has 3 rings (SSSR count). The third kappa shape index (κ3) is 6.72. The van der Waals surface area contributed by atoms with Gasteiger partial charge in [0.25, 0.3) is 10.0 Å². The number of thioether (sulfide) groups is 1. The Morgan fingerprint density at radius 2 is 1.71 bits per heavy atom. The summed E-state index contributed by atoms with van der Waals surface area (Å²) in [5.41, 5.74) is 2.57. The smallest absolute Gasteiger partial charge is 0.261 e. The van der Waals surface area contributed by atoms with Crippen LogP contribution >= 0.6 is 23.4 Å². The van der Waals surface area contributed by atoms with E-state index < -0.39 is 10.0 Å². The molecule has 0 heterocycles. The molecule has 0 saturated heterocycles. The lowest BCUT2D eigenvalue weighted by Gasteiger charge is -2.12. The van der Waals surface area contributed by atoms with Gasteiger partial charge in [-0.15, -0.1) is 11.8 Å². The Hall–Kier alpha value is -2.55. The van der Waals surface area contributed by atoms with Gasteiger partial charge < -0.3 is 5.32 Å². The second kappa shape index (κ2) is 10.2. The lowest BCUT2D eigenvalue weighted by molar-refractivity contribution is -0.113. The molecule has 3 aromatic rings. The fourth-order valence-electron chi connectivity index (χ4n) is 2.66. The van der Waals surface area contributed by atoms with Crippen molar-refractivity contribution in [2.45, 2.75) is 17.6 Å². The summed E-state index contributed by atoms with van der Waals surface area (Å²) in [7, 11) is -3.80. The van der Waals surface area contributed by atoms with Crippen LogP contribution in [0.15, 0.2) is 71.6 Å². The molecular formula is C22H20ClFN2O3S2. The molecule has 31 heavy (non-hydrogen) atoms. The van der Waals surface area contributed by atoms with Crippen LogP contribution in [0.2, 0.25) is 5.02 Å². The van der Waals surface area contributed by atoms with Crippen molar-refractivity contribution >= 4 is 50.7 Å². The van der Waals surface area contributed by atoms with Gasteiger partial charge >= 0.3 is 0 Å². The predicted octanol–water partition coefficient (Wildman–Crippen LogP) is 5.46. The summed E-state index contributed by atoms with van der Waals surface area (Å²) >= 11 is 7.35. The third-order valence-electron chi connectivity index (χ3n) is 4.31. The zero-order valence-corrected chi connectivity index (χ0v) is 19.0. The third-order valence-corrected chi connectivity index (χ3v) is 6.93. The first-order valence-electron chi connectivity index (χ1n) is 9.24. The molecular weight excluding hydrogens is 459 g/mol. The molecule has 0 saturated carbocycles. The number of hydrogen-bond donors (Lipinski definition) is 2. The largest absolute Gasteiger partial charge is 0.325 e. The summed E-state index contributed by atoms with van der Waals surface area (Å²) in [6, 6.07) is 17.0. The van der Waals surface area contributed by atoms with E-state index in [1.54, 1.807) is 37.3 Å². The minimum atomic E-state index is -3.80. The number of aryl methyl sites for hydroxylation is 1. The lowest BCUT2D eigenvalue weighted by Crippen LogP contribution is -2.15. The molecule has 0 fully saturated rings. The molecule has 0 spiro atoms. The molecule has 0 aromatic heterocycles. The van der Waals surface area contributed by atoms with Crippen molar-refractivity contribution in [1.82, 2.24) is 0 Å². The van der Waals surface area contributed by atoms with Gasteiger partial charge in [-0.25, -0.2) is 12.8 Å². The minimum absolute atomic E-state index is 0.0653. The van der Waals surface area contributed by atoms with Gasteiger partial charge in [-0.1, -0.05) is 29.8 Å². The van der Waals surface area contributed by atoms with E-state index in [0.29, 0.717) is 22.2 Å². The second-order valence-corrected chi connectivity index (χ2v) is 9.86. The van der Waals surface area contributed by atoms with Gasteiger partial charge in [-0.2, -0.15) is 0 Å². The molecule has 1 amide bonds. The number of amides is 1. The molecule has 0 aliphatic rings. The fraction of sp³-hybridized carbons (Fsp3) is 0.136. The van der Waals surface area contributed by atoms with Gasteiger partial charge in [0.15, 0.2) is 0 Å². The molecule has 0 unspecified atom stereocenters. The van der Waals surface area contributed by atoms with Crippen molar-refractivity contribution in [3.8, 4) is 0 Å². The molecule has 9 heteroatoms. The maximum absolute atomic E-state index is 12.9. The van der Waals surface area contributed by atoms with Crippen molar-refractivity contribution in [1.29, 1.82) is 0 Å². The van der Waals surface area contributed by atoms with Crippen LogP contribution in [0.3, 0.4) is 0 Å². The molecule has 2 N–H and O–H groups in total. The van der Waals surface area contributed by atoms with Gasteiger partial charge in [-0.3, -0.25) is 9.52 Å². The molecule has 0 atom stereocenters. The normalized spacial score (nSPS) is 11.2. The Kier molecular flexibility index (Phi) is 7.59. The van der Waals surface area contributed by atoms with E-state index in [0.717, 1.165) is 11.1 Å². The number of anilines is 2. The fourth-order valence-corrected chi connectivity index (χ4v) is 4.75. The number of carbonyl (C=O) groups is 1. The van der Waals surface area contributed by atoms with Crippen LogP contribution in [-0.4, -0.2) is 20.1 Å². The molecule has 0 bridgehead atoms. The van der Waals surface area contributed by atoms with Crippen LogP contribution in [-0.2, 0) is 20.6 Å². The number of carbonyl (C=O) groups excluding carboxylic acids is 1. The van der Waals surface area contributed by atoms with E-state index in [9.17, 15) is 17.6 Å². The van der Waals surface area contributed by atoms with E-state index in [-0.39, 0.29) is 22.4 Å². The Labute approximate surface area is 190 Å². The highest BCUT2D eigenvalue weighted by Gasteiger charge is 2.16. The maximum Gasteiger partial charge on any atom is 0.261 e.